The van der Waals surface area contributed by atoms with E-state index in [4.69, 9.17) is 9.72 Å². The van der Waals surface area contributed by atoms with Crippen LogP contribution < -0.4 is 10.3 Å². The van der Waals surface area contributed by atoms with Crippen LogP contribution in [0.15, 0.2) is 64.5 Å². The molecular formula is C29H30N2O3S2. The molecule has 36 heavy (non-hydrogen) atoms. The predicted octanol–water partition coefficient (Wildman–Crippen LogP) is 6.58. The molecule has 2 heterocycles. The number of methoxy groups -OCH3 is 1. The molecule has 2 aromatic heterocycles. The second kappa shape index (κ2) is 9.87. The van der Waals surface area contributed by atoms with Crippen LogP contribution in [0.25, 0.3) is 15.9 Å². The molecule has 1 aliphatic rings. The van der Waals surface area contributed by atoms with Gasteiger partial charge in [0.15, 0.2) is 10.9 Å². The second-order valence-corrected chi connectivity index (χ2v) is 12.3. The Labute approximate surface area is 219 Å². The third-order valence-electron chi connectivity index (χ3n) is 7.04. The number of thioether (sulfide) groups is 1. The SMILES string of the molecule is COc1ccc(-n2c(SCC(=O)c3ccccc3)nc3sc4c(c3c2=O)CC[C@@H](C(C)(C)C)C4)cc1. The van der Waals surface area contributed by atoms with Crippen LogP contribution >= 0.6 is 23.1 Å². The number of carbonyl (C=O) groups is 1. The zero-order valence-corrected chi connectivity index (χ0v) is 22.7. The molecule has 7 heteroatoms. The topological polar surface area (TPSA) is 61.2 Å². The molecule has 4 aromatic rings. The number of hydrogen-bond donors (Lipinski definition) is 0. The van der Waals surface area contributed by atoms with Crippen molar-refractivity contribution in [1.29, 1.82) is 0 Å². The molecule has 0 fully saturated rings. The maximum absolute atomic E-state index is 14.0. The summed E-state index contributed by atoms with van der Waals surface area (Å²) >= 11 is 2.96. The van der Waals surface area contributed by atoms with E-state index in [1.807, 2.05) is 54.6 Å². The van der Waals surface area contributed by atoms with Crippen molar-refractivity contribution >= 4 is 39.1 Å². The Bertz CT molecular complexity index is 1470. The summed E-state index contributed by atoms with van der Waals surface area (Å²) < 4.78 is 6.97. The van der Waals surface area contributed by atoms with Crippen molar-refractivity contribution < 1.29 is 9.53 Å². The van der Waals surface area contributed by atoms with Gasteiger partial charge in [-0.1, -0.05) is 62.9 Å². The van der Waals surface area contributed by atoms with Gasteiger partial charge in [0, 0.05) is 10.4 Å². The summed E-state index contributed by atoms with van der Waals surface area (Å²) in [6.07, 6.45) is 2.96. The standard InChI is InChI=1S/C29H30N2O3S2/c1-29(2,3)19-10-15-22-24(16-19)36-26-25(22)27(33)31(20-11-13-21(34-4)14-12-20)28(30-26)35-17-23(32)18-8-6-5-7-9-18/h5-9,11-14,19H,10,15-17H2,1-4H3/t19-/m1/s1. The van der Waals surface area contributed by atoms with E-state index in [0.29, 0.717) is 22.3 Å². The van der Waals surface area contributed by atoms with Gasteiger partial charge in [0.05, 0.1) is 23.9 Å². The number of thiophene rings is 1. The molecule has 5 rings (SSSR count). The Hall–Kier alpha value is -2.90. The summed E-state index contributed by atoms with van der Waals surface area (Å²) in [5.74, 6) is 1.51. The zero-order valence-electron chi connectivity index (χ0n) is 21.0. The minimum absolute atomic E-state index is 0.00900. The molecule has 5 nitrogen and oxygen atoms in total. The number of benzene rings is 2. The molecule has 2 aromatic carbocycles. The molecule has 1 aliphatic carbocycles. The predicted molar refractivity (Wildman–Crippen MR) is 148 cm³/mol. The number of fused-ring (bicyclic) bond motifs is 3. The van der Waals surface area contributed by atoms with Crippen LogP contribution in [-0.2, 0) is 12.8 Å². The fourth-order valence-electron chi connectivity index (χ4n) is 4.84. The number of aryl methyl sites for hydroxylation is 1. The van der Waals surface area contributed by atoms with Gasteiger partial charge in [0.25, 0.3) is 5.56 Å². The highest BCUT2D eigenvalue weighted by Crippen LogP contribution is 2.42. The molecule has 0 saturated heterocycles. The van der Waals surface area contributed by atoms with Crippen LogP contribution in [0.4, 0.5) is 0 Å². The van der Waals surface area contributed by atoms with Crippen LogP contribution in [0, 0.1) is 11.3 Å². The Balaban J connectivity index is 1.59. The van der Waals surface area contributed by atoms with E-state index in [1.54, 1.807) is 23.0 Å². The lowest BCUT2D eigenvalue weighted by atomic mass is 9.72. The van der Waals surface area contributed by atoms with Gasteiger partial charge in [0.1, 0.15) is 10.6 Å². The van der Waals surface area contributed by atoms with Crippen molar-refractivity contribution in [3.05, 3.63) is 81.0 Å². The van der Waals surface area contributed by atoms with E-state index in [0.717, 1.165) is 40.8 Å². The van der Waals surface area contributed by atoms with Gasteiger partial charge in [-0.15, -0.1) is 11.3 Å². The van der Waals surface area contributed by atoms with Gasteiger partial charge in [-0.3, -0.25) is 14.2 Å². The Morgan fingerprint density at radius 2 is 1.86 bits per heavy atom. The van der Waals surface area contributed by atoms with E-state index in [9.17, 15) is 9.59 Å². The molecule has 0 bridgehead atoms. The minimum atomic E-state index is -0.0634. The number of ketones is 1. The first-order valence-electron chi connectivity index (χ1n) is 12.2. The lowest BCUT2D eigenvalue weighted by molar-refractivity contribution is 0.102. The summed E-state index contributed by atoms with van der Waals surface area (Å²) in [5, 5.41) is 1.27. The lowest BCUT2D eigenvalue weighted by Gasteiger charge is -2.33. The van der Waals surface area contributed by atoms with Crippen LogP contribution in [0.1, 0.15) is 48.0 Å². The molecule has 0 N–H and O–H groups in total. The summed E-state index contributed by atoms with van der Waals surface area (Å²) in [7, 11) is 1.62. The summed E-state index contributed by atoms with van der Waals surface area (Å²) in [6, 6.07) is 16.6. The van der Waals surface area contributed by atoms with Crippen molar-refractivity contribution in [2.75, 3.05) is 12.9 Å². The number of nitrogens with zero attached hydrogens (tertiary/aromatic N) is 2. The van der Waals surface area contributed by atoms with Gasteiger partial charge in [0.2, 0.25) is 0 Å². The first kappa shape index (κ1) is 24.8. The highest BCUT2D eigenvalue weighted by molar-refractivity contribution is 7.99. The molecule has 1 atom stereocenters. The summed E-state index contributed by atoms with van der Waals surface area (Å²) in [4.78, 5) is 33.9. The molecule has 0 radical (unpaired) electrons. The van der Waals surface area contributed by atoms with Crippen molar-refractivity contribution in [2.45, 2.75) is 45.2 Å². The van der Waals surface area contributed by atoms with E-state index in [-0.39, 0.29) is 22.5 Å². The number of ether oxygens (including phenoxy) is 1. The molecular weight excluding hydrogens is 488 g/mol. The molecule has 0 saturated carbocycles. The number of carbonyl (C=O) groups excluding carboxylic acids is 1. The normalized spacial score (nSPS) is 15.6. The van der Waals surface area contributed by atoms with Crippen LogP contribution in [0.2, 0.25) is 0 Å². The zero-order chi connectivity index (χ0) is 25.4. The van der Waals surface area contributed by atoms with Crippen LogP contribution in [0.3, 0.4) is 0 Å². The monoisotopic (exact) mass is 518 g/mol. The van der Waals surface area contributed by atoms with E-state index >= 15 is 0 Å². The maximum atomic E-state index is 14.0. The first-order valence-corrected chi connectivity index (χ1v) is 14.0. The van der Waals surface area contributed by atoms with Gasteiger partial charge < -0.3 is 4.74 Å². The van der Waals surface area contributed by atoms with E-state index in [2.05, 4.69) is 20.8 Å². The summed E-state index contributed by atoms with van der Waals surface area (Å²) in [5.41, 5.74) is 2.69. The summed E-state index contributed by atoms with van der Waals surface area (Å²) in [6.45, 7) is 6.89. The fraction of sp³-hybridized carbons (Fsp3) is 0.345. The number of rotatable bonds is 6. The second-order valence-electron chi connectivity index (χ2n) is 10.3. The minimum Gasteiger partial charge on any atom is -0.497 e. The highest BCUT2D eigenvalue weighted by Gasteiger charge is 2.32. The smallest absolute Gasteiger partial charge is 0.267 e. The molecule has 0 aliphatic heterocycles. The van der Waals surface area contributed by atoms with Crippen molar-refractivity contribution in [3.8, 4) is 11.4 Å². The molecule has 0 unspecified atom stereocenters. The lowest BCUT2D eigenvalue weighted by Crippen LogP contribution is -2.27. The van der Waals surface area contributed by atoms with Crippen molar-refractivity contribution in [2.24, 2.45) is 11.3 Å². The number of aromatic nitrogens is 2. The van der Waals surface area contributed by atoms with E-state index in [1.165, 1.54) is 16.6 Å². The largest absolute Gasteiger partial charge is 0.497 e. The van der Waals surface area contributed by atoms with Gasteiger partial charge in [-0.2, -0.15) is 0 Å². The third-order valence-corrected chi connectivity index (χ3v) is 9.12. The average Bonchev–Trinajstić information content (AvgIpc) is 3.25. The third kappa shape index (κ3) is 4.74. The Morgan fingerprint density at radius 3 is 2.53 bits per heavy atom. The van der Waals surface area contributed by atoms with Crippen LogP contribution in [-0.4, -0.2) is 28.2 Å². The average molecular weight is 519 g/mol. The highest BCUT2D eigenvalue weighted by atomic mass is 32.2. The molecule has 186 valence electrons. The molecule has 0 amide bonds. The molecule has 0 spiro atoms. The number of Topliss-reactive ketones (excluding diaryl/α,β-unsaturated/α-hetero) is 1. The fourth-order valence-corrected chi connectivity index (χ4v) is 7.09. The van der Waals surface area contributed by atoms with E-state index < -0.39 is 0 Å². The maximum Gasteiger partial charge on any atom is 0.267 e. The Kier molecular flexibility index (Phi) is 6.79. The van der Waals surface area contributed by atoms with Gasteiger partial charge in [-0.05, 0) is 60.4 Å². The quantitative estimate of drug-likeness (QED) is 0.164. The number of hydrogen-bond acceptors (Lipinski definition) is 6. The first-order chi connectivity index (χ1) is 17.3. The van der Waals surface area contributed by atoms with Crippen molar-refractivity contribution in [3.63, 3.8) is 0 Å². The Morgan fingerprint density at radius 1 is 1.14 bits per heavy atom. The van der Waals surface area contributed by atoms with Crippen molar-refractivity contribution in [1.82, 2.24) is 9.55 Å². The van der Waals surface area contributed by atoms with Gasteiger partial charge in [-0.25, -0.2) is 4.98 Å². The van der Waals surface area contributed by atoms with Gasteiger partial charge >= 0.3 is 0 Å². The van der Waals surface area contributed by atoms with Crippen LogP contribution in [0.5, 0.6) is 5.75 Å².